The molecule has 2 heterocycles. The third kappa shape index (κ3) is 1.29. The van der Waals surface area contributed by atoms with Crippen molar-refractivity contribution in [3.8, 4) is 5.69 Å². The van der Waals surface area contributed by atoms with E-state index in [0.717, 1.165) is 30.0 Å². The Morgan fingerprint density at radius 2 is 2.00 bits per heavy atom. The quantitative estimate of drug-likeness (QED) is 0.756. The molecule has 0 bridgehead atoms. The maximum Gasteiger partial charge on any atom is 0.132 e. The van der Waals surface area contributed by atoms with E-state index >= 15 is 0 Å². The minimum atomic E-state index is -0.260. The molecule has 1 aliphatic heterocycles. The van der Waals surface area contributed by atoms with E-state index < -0.39 is 0 Å². The minimum absolute atomic E-state index is 0.260. The largest absolute Gasteiger partial charge is 0.383 e. The van der Waals surface area contributed by atoms with Crippen LogP contribution in [-0.4, -0.2) is 9.78 Å². The van der Waals surface area contributed by atoms with Crippen LogP contribution in [-0.2, 0) is 13.1 Å². The molecule has 16 heavy (non-hydrogen) atoms. The molecule has 1 aliphatic rings. The van der Waals surface area contributed by atoms with Gasteiger partial charge in [0.25, 0.3) is 0 Å². The zero-order valence-corrected chi connectivity index (χ0v) is 8.57. The molecule has 1 aromatic carbocycles. The minimum Gasteiger partial charge on any atom is -0.383 e. The molecule has 0 saturated carbocycles. The van der Waals surface area contributed by atoms with Crippen molar-refractivity contribution in [3.05, 3.63) is 41.3 Å². The van der Waals surface area contributed by atoms with Crippen LogP contribution < -0.4 is 11.1 Å². The van der Waals surface area contributed by atoms with E-state index in [4.69, 9.17) is 5.73 Å². The first-order chi connectivity index (χ1) is 7.75. The number of hydrogen-bond acceptors (Lipinski definition) is 3. The summed E-state index contributed by atoms with van der Waals surface area (Å²) in [5.41, 5.74) is 8.80. The first kappa shape index (κ1) is 9.35. The van der Waals surface area contributed by atoms with Crippen LogP contribution in [0.3, 0.4) is 0 Å². The van der Waals surface area contributed by atoms with Gasteiger partial charge in [-0.1, -0.05) is 0 Å². The van der Waals surface area contributed by atoms with Gasteiger partial charge in [0, 0.05) is 18.7 Å². The van der Waals surface area contributed by atoms with Crippen LogP contribution in [0.5, 0.6) is 0 Å². The Morgan fingerprint density at radius 3 is 2.69 bits per heavy atom. The maximum atomic E-state index is 12.8. The number of anilines is 1. The van der Waals surface area contributed by atoms with Gasteiger partial charge in [0.1, 0.15) is 11.6 Å². The Morgan fingerprint density at radius 1 is 1.25 bits per heavy atom. The lowest BCUT2D eigenvalue weighted by Crippen LogP contribution is -2.08. The van der Waals surface area contributed by atoms with Gasteiger partial charge in [-0.2, -0.15) is 5.10 Å². The van der Waals surface area contributed by atoms with E-state index in [2.05, 4.69) is 10.4 Å². The molecular formula is C11H11FN4. The summed E-state index contributed by atoms with van der Waals surface area (Å²) in [5.74, 6) is 0.371. The molecule has 0 amide bonds. The molecule has 0 saturated heterocycles. The number of nitrogens with two attached hydrogens (primary N) is 1. The predicted molar refractivity (Wildman–Crippen MR) is 58.5 cm³/mol. The highest BCUT2D eigenvalue weighted by molar-refractivity contribution is 5.51. The molecule has 82 valence electrons. The lowest BCUT2D eigenvalue weighted by atomic mass is 10.3. The van der Waals surface area contributed by atoms with Crippen LogP contribution in [0.4, 0.5) is 10.2 Å². The molecule has 3 rings (SSSR count). The summed E-state index contributed by atoms with van der Waals surface area (Å²) in [4.78, 5) is 0. The SMILES string of the molecule is Nc1c2c(nn1-c1ccc(F)cc1)CNC2. The second kappa shape index (κ2) is 3.31. The molecule has 0 spiro atoms. The Bertz CT molecular complexity index is 530. The Balaban J connectivity index is 2.10. The molecule has 0 aliphatic carbocycles. The van der Waals surface area contributed by atoms with Gasteiger partial charge in [-0.25, -0.2) is 9.07 Å². The van der Waals surface area contributed by atoms with Crippen LogP contribution in [0.1, 0.15) is 11.3 Å². The Kier molecular flexibility index (Phi) is 1.94. The number of rotatable bonds is 1. The number of halogens is 1. The first-order valence-corrected chi connectivity index (χ1v) is 5.08. The van der Waals surface area contributed by atoms with Gasteiger partial charge in [-0.3, -0.25) is 0 Å². The molecule has 0 unspecified atom stereocenters. The highest BCUT2D eigenvalue weighted by atomic mass is 19.1. The van der Waals surface area contributed by atoms with Crippen LogP contribution in [0.15, 0.2) is 24.3 Å². The van der Waals surface area contributed by atoms with Gasteiger partial charge in [-0.15, -0.1) is 0 Å². The third-order valence-electron chi connectivity index (χ3n) is 2.77. The fourth-order valence-corrected chi connectivity index (χ4v) is 1.93. The van der Waals surface area contributed by atoms with Crippen molar-refractivity contribution in [1.82, 2.24) is 15.1 Å². The molecule has 0 radical (unpaired) electrons. The topological polar surface area (TPSA) is 55.9 Å². The second-order valence-corrected chi connectivity index (χ2v) is 3.80. The van der Waals surface area contributed by atoms with Gasteiger partial charge in [-0.05, 0) is 24.3 Å². The summed E-state index contributed by atoms with van der Waals surface area (Å²) in [5, 5.41) is 7.58. The van der Waals surface area contributed by atoms with E-state index in [0.29, 0.717) is 5.82 Å². The van der Waals surface area contributed by atoms with Crippen LogP contribution >= 0.6 is 0 Å². The monoisotopic (exact) mass is 218 g/mol. The molecular weight excluding hydrogens is 207 g/mol. The number of nitrogens with zero attached hydrogens (tertiary/aromatic N) is 2. The van der Waals surface area contributed by atoms with Crippen LogP contribution in [0, 0.1) is 5.82 Å². The van der Waals surface area contributed by atoms with Crippen molar-refractivity contribution in [2.75, 3.05) is 5.73 Å². The van der Waals surface area contributed by atoms with Crippen molar-refractivity contribution in [2.24, 2.45) is 0 Å². The van der Waals surface area contributed by atoms with E-state index in [1.807, 2.05) is 0 Å². The summed E-state index contributed by atoms with van der Waals surface area (Å²) < 4.78 is 14.5. The van der Waals surface area contributed by atoms with Crippen molar-refractivity contribution in [3.63, 3.8) is 0 Å². The van der Waals surface area contributed by atoms with Gasteiger partial charge < -0.3 is 11.1 Å². The van der Waals surface area contributed by atoms with Crippen molar-refractivity contribution < 1.29 is 4.39 Å². The maximum absolute atomic E-state index is 12.8. The average molecular weight is 218 g/mol. The van der Waals surface area contributed by atoms with E-state index in [9.17, 15) is 4.39 Å². The number of aromatic nitrogens is 2. The molecule has 0 atom stereocenters. The summed E-state index contributed by atoms with van der Waals surface area (Å²) in [7, 11) is 0. The summed E-state index contributed by atoms with van der Waals surface area (Å²) >= 11 is 0. The standard InChI is InChI=1S/C11H11FN4/c12-7-1-3-8(4-2-7)16-11(13)9-5-14-6-10(9)15-16/h1-4,14H,5-6,13H2. The molecule has 0 fully saturated rings. The highest BCUT2D eigenvalue weighted by Crippen LogP contribution is 2.24. The van der Waals surface area contributed by atoms with Gasteiger partial charge in [0.2, 0.25) is 0 Å². The van der Waals surface area contributed by atoms with Gasteiger partial charge >= 0.3 is 0 Å². The van der Waals surface area contributed by atoms with E-state index in [1.165, 1.54) is 12.1 Å². The molecule has 3 N–H and O–H groups in total. The molecule has 1 aromatic heterocycles. The zero-order valence-electron chi connectivity index (χ0n) is 8.57. The Labute approximate surface area is 91.9 Å². The lowest BCUT2D eigenvalue weighted by Gasteiger charge is -2.05. The van der Waals surface area contributed by atoms with Crippen molar-refractivity contribution in [2.45, 2.75) is 13.1 Å². The van der Waals surface area contributed by atoms with Gasteiger partial charge in [0.05, 0.1) is 11.4 Å². The highest BCUT2D eigenvalue weighted by Gasteiger charge is 2.20. The smallest absolute Gasteiger partial charge is 0.132 e. The second-order valence-electron chi connectivity index (χ2n) is 3.80. The van der Waals surface area contributed by atoms with E-state index in [1.54, 1.807) is 16.8 Å². The first-order valence-electron chi connectivity index (χ1n) is 5.08. The van der Waals surface area contributed by atoms with Crippen molar-refractivity contribution >= 4 is 5.82 Å². The van der Waals surface area contributed by atoms with Crippen molar-refractivity contribution in [1.29, 1.82) is 0 Å². The summed E-state index contributed by atoms with van der Waals surface area (Å²) in [6, 6.07) is 6.14. The number of nitrogens with one attached hydrogen (secondary N) is 1. The number of benzene rings is 1. The predicted octanol–water partition coefficient (Wildman–Crippen LogP) is 1.20. The van der Waals surface area contributed by atoms with Crippen LogP contribution in [0.2, 0.25) is 0 Å². The Hall–Kier alpha value is -1.88. The fourth-order valence-electron chi connectivity index (χ4n) is 1.93. The zero-order chi connectivity index (χ0) is 11.1. The van der Waals surface area contributed by atoms with E-state index in [-0.39, 0.29) is 5.82 Å². The average Bonchev–Trinajstić information content (AvgIpc) is 2.84. The molecule has 4 nitrogen and oxygen atoms in total. The summed E-state index contributed by atoms with van der Waals surface area (Å²) in [6.45, 7) is 1.50. The molecule has 5 heteroatoms. The summed E-state index contributed by atoms with van der Waals surface area (Å²) in [6.07, 6.45) is 0. The van der Waals surface area contributed by atoms with Gasteiger partial charge in [0.15, 0.2) is 0 Å². The lowest BCUT2D eigenvalue weighted by molar-refractivity contribution is 0.627. The van der Waals surface area contributed by atoms with Crippen LogP contribution in [0.25, 0.3) is 5.69 Å². The number of fused-ring (bicyclic) bond motifs is 1. The third-order valence-corrected chi connectivity index (χ3v) is 2.77. The normalized spacial score (nSPS) is 14.1. The molecule has 2 aromatic rings. The fraction of sp³-hybridized carbons (Fsp3) is 0.182. The number of nitrogen functional groups attached to an aromatic ring is 1. The number of hydrogen-bond donors (Lipinski definition) is 2.